The standard InChI is InChI=1S/C14H21FN2O2/c1-9(2)17-14(4,13(16)18)8-19-12-7-11(15)6-5-10(12)3/h5-7,9,17H,8H2,1-4H3,(H2,16,18). The first-order valence-electron chi connectivity index (χ1n) is 6.21. The predicted molar refractivity (Wildman–Crippen MR) is 72.5 cm³/mol. The number of carbonyl (C=O) groups is 1. The van der Waals surface area contributed by atoms with Gasteiger partial charge < -0.3 is 10.5 Å². The van der Waals surface area contributed by atoms with Crippen molar-refractivity contribution in [1.82, 2.24) is 5.32 Å². The molecule has 1 unspecified atom stereocenters. The van der Waals surface area contributed by atoms with Gasteiger partial charge in [-0.2, -0.15) is 0 Å². The highest BCUT2D eigenvalue weighted by Crippen LogP contribution is 2.20. The van der Waals surface area contributed by atoms with Gasteiger partial charge in [0, 0.05) is 12.1 Å². The third-order valence-electron chi connectivity index (χ3n) is 2.82. The van der Waals surface area contributed by atoms with Crippen LogP contribution in [0.4, 0.5) is 4.39 Å². The molecular formula is C14H21FN2O2. The number of hydrogen-bond donors (Lipinski definition) is 2. The van der Waals surface area contributed by atoms with Crippen LogP contribution in [0.1, 0.15) is 26.3 Å². The SMILES string of the molecule is Cc1ccc(F)cc1OCC(C)(NC(C)C)C(N)=O. The third kappa shape index (κ3) is 4.21. The predicted octanol–water partition coefficient (Wildman–Crippen LogP) is 1.75. The molecule has 1 aromatic rings. The fourth-order valence-corrected chi connectivity index (χ4v) is 1.77. The summed E-state index contributed by atoms with van der Waals surface area (Å²) >= 11 is 0. The lowest BCUT2D eigenvalue weighted by Crippen LogP contribution is -2.59. The Balaban J connectivity index is 2.82. The van der Waals surface area contributed by atoms with Crippen molar-refractivity contribution >= 4 is 5.91 Å². The molecule has 4 nitrogen and oxygen atoms in total. The Morgan fingerprint density at radius 2 is 2.16 bits per heavy atom. The molecule has 0 aliphatic carbocycles. The second-order valence-electron chi connectivity index (χ2n) is 5.19. The summed E-state index contributed by atoms with van der Waals surface area (Å²) in [6, 6.07) is 4.37. The van der Waals surface area contributed by atoms with Crippen molar-refractivity contribution in [1.29, 1.82) is 0 Å². The minimum atomic E-state index is -0.993. The molecule has 0 saturated heterocycles. The van der Waals surface area contributed by atoms with Gasteiger partial charge in [-0.05, 0) is 39.3 Å². The second-order valence-corrected chi connectivity index (χ2v) is 5.19. The highest BCUT2D eigenvalue weighted by atomic mass is 19.1. The maximum Gasteiger partial charge on any atom is 0.240 e. The van der Waals surface area contributed by atoms with Crippen LogP contribution >= 0.6 is 0 Å². The lowest BCUT2D eigenvalue weighted by atomic mass is 10.0. The van der Waals surface area contributed by atoms with Crippen molar-refractivity contribution in [3.05, 3.63) is 29.6 Å². The molecule has 0 heterocycles. The van der Waals surface area contributed by atoms with E-state index in [1.165, 1.54) is 12.1 Å². The van der Waals surface area contributed by atoms with Crippen molar-refractivity contribution in [2.45, 2.75) is 39.3 Å². The zero-order valence-electron chi connectivity index (χ0n) is 11.8. The Hall–Kier alpha value is -1.62. The van der Waals surface area contributed by atoms with E-state index in [-0.39, 0.29) is 18.5 Å². The molecular weight excluding hydrogens is 247 g/mol. The van der Waals surface area contributed by atoms with E-state index in [0.717, 1.165) is 5.56 Å². The van der Waals surface area contributed by atoms with Crippen LogP contribution in [0.3, 0.4) is 0 Å². The van der Waals surface area contributed by atoms with Crippen molar-refractivity contribution in [3.63, 3.8) is 0 Å². The number of ether oxygens (including phenoxy) is 1. The largest absolute Gasteiger partial charge is 0.491 e. The zero-order valence-corrected chi connectivity index (χ0v) is 11.8. The molecule has 0 aromatic heterocycles. The molecule has 1 aromatic carbocycles. The smallest absolute Gasteiger partial charge is 0.240 e. The van der Waals surface area contributed by atoms with E-state index in [0.29, 0.717) is 5.75 Å². The zero-order chi connectivity index (χ0) is 14.6. The third-order valence-corrected chi connectivity index (χ3v) is 2.82. The molecule has 1 atom stereocenters. The maximum atomic E-state index is 13.1. The van der Waals surface area contributed by atoms with E-state index in [1.54, 1.807) is 13.0 Å². The van der Waals surface area contributed by atoms with Crippen LogP contribution in [0.25, 0.3) is 0 Å². The van der Waals surface area contributed by atoms with Gasteiger partial charge in [-0.1, -0.05) is 6.07 Å². The lowest BCUT2D eigenvalue weighted by Gasteiger charge is -2.29. The highest BCUT2D eigenvalue weighted by molar-refractivity contribution is 5.84. The van der Waals surface area contributed by atoms with Gasteiger partial charge in [0.25, 0.3) is 0 Å². The van der Waals surface area contributed by atoms with Crippen molar-refractivity contribution < 1.29 is 13.9 Å². The van der Waals surface area contributed by atoms with E-state index in [2.05, 4.69) is 5.32 Å². The minimum Gasteiger partial charge on any atom is -0.491 e. The van der Waals surface area contributed by atoms with Crippen molar-refractivity contribution in [2.75, 3.05) is 6.61 Å². The molecule has 0 saturated carbocycles. The average Bonchev–Trinajstić information content (AvgIpc) is 2.29. The Kier molecular flexibility index (Phi) is 4.89. The van der Waals surface area contributed by atoms with Crippen LogP contribution in [0.2, 0.25) is 0 Å². The first-order valence-corrected chi connectivity index (χ1v) is 6.21. The van der Waals surface area contributed by atoms with E-state index >= 15 is 0 Å². The molecule has 0 bridgehead atoms. The van der Waals surface area contributed by atoms with Gasteiger partial charge in [-0.3, -0.25) is 10.1 Å². The Morgan fingerprint density at radius 1 is 1.53 bits per heavy atom. The molecule has 0 aliphatic rings. The molecule has 0 spiro atoms. The summed E-state index contributed by atoms with van der Waals surface area (Å²) in [5, 5.41) is 3.07. The number of aryl methyl sites for hydroxylation is 1. The van der Waals surface area contributed by atoms with Crippen LogP contribution in [-0.2, 0) is 4.79 Å². The summed E-state index contributed by atoms with van der Waals surface area (Å²) in [4.78, 5) is 11.5. The molecule has 106 valence electrons. The Bertz CT molecular complexity index is 463. The number of hydrogen-bond acceptors (Lipinski definition) is 3. The van der Waals surface area contributed by atoms with E-state index in [9.17, 15) is 9.18 Å². The molecule has 1 rings (SSSR count). The quantitative estimate of drug-likeness (QED) is 0.826. The van der Waals surface area contributed by atoms with Crippen LogP contribution in [-0.4, -0.2) is 24.1 Å². The number of amides is 1. The van der Waals surface area contributed by atoms with E-state index in [1.807, 2.05) is 20.8 Å². The fraction of sp³-hybridized carbons (Fsp3) is 0.500. The van der Waals surface area contributed by atoms with Gasteiger partial charge >= 0.3 is 0 Å². The second kappa shape index (κ2) is 6.02. The summed E-state index contributed by atoms with van der Waals surface area (Å²) in [6.45, 7) is 7.35. The number of rotatable bonds is 6. The maximum absolute atomic E-state index is 13.1. The molecule has 5 heteroatoms. The number of nitrogens with two attached hydrogens (primary N) is 1. The Labute approximate surface area is 113 Å². The minimum absolute atomic E-state index is 0.0464. The number of halogens is 1. The van der Waals surface area contributed by atoms with Gasteiger partial charge in [-0.25, -0.2) is 4.39 Å². The molecule has 1 amide bonds. The monoisotopic (exact) mass is 268 g/mol. The molecule has 0 radical (unpaired) electrons. The first kappa shape index (κ1) is 15.4. The first-order chi connectivity index (χ1) is 8.74. The molecule has 0 aliphatic heterocycles. The average molecular weight is 268 g/mol. The fourth-order valence-electron chi connectivity index (χ4n) is 1.77. The van der Waals surface area contributed by atoms with Crippen LogP contribution < -0.4 is 15.8 Å². The normalized spacial score (nSPS) is 14.2. The molecule has 19 heavy (non-hydrogen) atoms. The number of carbonyl (C=O) groups excluding carboxylic acids is 1. The van der Waals surface area contributed by atoms with Crippen LogP contribution in [0.15, 0.2) is 18.2 Å². The van der Waals surface area contributed by atoms with Gasteiger partial charge in [-0.15, -0.1) is 0 Å². The van der Waals surface area contributed by atoms with Crippen molar-refractivity contribution in [3.8, 4) is 5.75 Å². The van der Waals surface area contributed by atoms with Gasteiger partial charge in [0.15, 0.2) is 0 Å². The number of benzene rings is 1. The van der Waals surface area contributed by atoms with E-state index < -0.39 is 11.4 Å². The van der Waals surface area contributed by atoms with Crippen LogP contribution in [0.5, 0.6) is 5.75 Å². The van der Waals surface area contributed by atoms with Crippen LogP contribution in [0, 0.1) is 12.7 Å². The van der Waals surface area contributed by atoms with E-state index in [4.69, 9.17) is 10.5 Å². The van der Waals surface area contributed by atoms with Gasteiger partial charge in [0.2, 0.25) is 5.91 Å². The summed E-state index contributed by atoms with van der Waals surface area (Å²) in [7, 11) is 0. The molecule has 0 fully saturated rings. The number of nitrogens with one attached hydrogen (secondary N) is 1. The van der Waals surface area contributed by atoms with Gasteiger partial charge in [0.1, 0.15) is 23.7 Å². The summed E-state index contributed by atoms with van der Waals surface area (Å²) < 4.78 is 18.7. The topological polar surface area (TPSA) is 64.3 Å². The van der Waals surface area contributed by atoms with Crippen molar-refractivity contribution in [2.24, 2.45) is 5.73 Å². The summed E-state index contributed by atoms with van der Waals surface area (Å²) in [6.07, 6.45) is 0. The summed E-state index contributed by atoms with van der Waals surface area (Å²) in [5.41, 5.74) is 5.21. The Morgan fingerprint density at radius 3 is 2.68 bits per heavy atom. The lowest BCUT2D eigenvalue weighted by molar-refractivity contribution is -0.125. The highest BCUT2D eigenvalue weighted by Gasteiger charge is 2.32. The number of primary amides is 1. The summed E-state index contributed by atoms with van der Waals surface area (Å²) in [5.74, 6) is -0.466. The van der Waals surface area contributed by atoms with Gasteiger partial charge in [0.05, 0.1) is 0 Å². The molecule has 3 N–H and O–H groups in total.